The molecule has 0 spiro atoms. The van der Waals surface area contributed by atoms with Crippen LogP contribution >= 0.6 is 11.8 Å². The lowest BCUT2D eigenvalue weighted by atomic mass is 10.2. The molecule has 0 saturated carbocycles. The molecule has 21 heavy (non-hydrogen) atoms. The van der Waals surface area contributed by atoms with E-state index in [0.717, 1.165) is 34.2 Å². The summed E-state index contributed by atoms with van der Waals surface area (Å²) in [4.78, 5) is 0.987. The van der Waals surface area contributed by atoms with Gasteiger partial charge in [0.1, 0.15) is 11.5 Å². The number of rotatable bonds is 2. The summed E-state index contributed by atoms with van der Waals surface area (Å²) in [5, 5.41) is 3.23. The molecule has 2 aromatic rings. The van der Waals surface area contributed by atoms with Crippen LogP contribution in [0.5, 0.6) is 11.5 Å². The number of benzene rings is 2. The number of nitrogens with one attached hydrogen (secondary N) is 1. The molecule has 0 atom stereocenters. The highest BCUT2D eigenvalue weighted by atomic mass is 32.2. The molecular weight excluding hydrogens is 299 g/mol. The number of anilines is 1. The third-order valence-corrected chi connectivity index (χ3v) is 4.09. The van der Waals surface area contributed by atoms with Gasteiger partial charge in [-0.05, 0) is 48.9 Å². The van der Waals surface area contributed by atoms with Crippen LogP contribution in [-0.4, -0.2) is 5.88 Å². The first-order valence-electron chi connectivity index (χ1n) is 6.30. The quantitative estimate of drug-likeness (QED) is 0.815. The van der Waals surface area contributed by atoms with Gasteiger partial charge in [0.2, 0.25) is 0 Å². The molecule has 1 N–H and O–H groups in total. The van der Waals surface area contributed by atoms with Crippen molar-refractivity contribution >= 4 is 17.4 Å². The molecule has 2 nitrogen and oxygen atoms in total. The standard InChI is InChI=1S/C15H12F3NOS/c1-9-6-12-14(21-8-19-12)13(7-9)20-11-4-2-10(3-5-11)15(16,17)18/h2-7,19H,8H2,1H3. The topological polar surface area (TPSA) is 21.3 Å². The van der Waals surface area contributed by atoms with Crippen molar-refractivity contribution in [3.05, 3.63) is 47.5 Å². The van der Waals surface area contributed by atoms with Crippen LogP contribution in [0.1, 0.15) is 11.1 Å². The summed E-state index contributed by atoms with van der Waals surface area (Å²) in [6.07, 6.45) is -4.33. The van der Waals surface area contributed by atoms with Crippen LogP contribution in [0.25, 0.3) is 0 Å². The van der Waals surface area contributed by atoms with Crippen molar-refractivity contribution in [2.24, 2.45) is 0 Å². The van der Waals surface area contributed by atoms with Gasteiger partial charge in [0.15, 0.2) is 0 Å². The number of hydrogen-bond acceptors (Lipinski definition) is 3. The Morgan fingerprint density at radius 3 is 2.52 bits per heavy atom. The number of halogens is 3. The summed E-state index contributed by atoms with van der Waals surface area (Å²) >= 11 is 1.61. The summed E-state index contributed by atoms with van der Waals surface area (Å²) < 4.78 is 43.3. The average Bonchev–Trinajstić information content (AvgIpc) is 2.86. The summed E-state index contributed by atoms with van der Waals surface area (Å²) in [6.45, 7) is 1.95. The van der Waals surface area contributed by atoms with E-state index in [9.17, 15) is 13.2 Å². The Hall–Kier alpha value is -1.82. The maximum Gasteiger partial charge on any atom is 0.416 e. The van der Waals surface area contributed by atoms with Crippen molar-refractivity contribution in [1.82, 2.24) is 0 Å². The summed E-state index contributed by atoms with van der Waals surface area (Å²) in [5.74, 6) is 1.82. The Morgan fingerprint density at radius 2 is 1.86 bits per heavy atom. The Balaban J connectivity index is 1.88. The van der Waals surface area contributed by atoms with Gasteiger partial charge >= 0.3 is 6.18 Å². The second-order valence-corrected chi connectivity index (χ2v) is 5.71. The fourth-order valence-corrected chi connectivity index (χ4v) is 3.02. The first-order valence-corrected chi connectivity index (χ1v) is 7.28. The average molecular weight is 311 g/mol. The Bertz CT molecular complexity index is 668. The number of aryl methyl sites for hydroxylation is 1. The minimum absolute atomic E-state index is 0.392. The monoisotopic (exact) mass is 311 g/mol. The molecule has 0 aliphatic carbocycles. The summed E-state index contributed by atoms with van der Waals surface area (Å²) in [6, 6.07) is 8.63. The Morgan fingerprint density at radius 1 is 1.14 bits per heavy atom. The van der Waals surface area contributed by atoms with E-state index in [2.05, 4.69) is 5.32 Å². The van der Waals surface area contributed by atoms with Crippen molar-refractivity contribution in [3.63, 3.8) is 0 Å². The van der Waals surface area contributed by atoms with E-state index in [1.807, 2.05) is 19.1 Å². The van der Waals surface area contributed by atoms with Crippen LogP contribution in [-0.2, 0) is 6.18 Å². The number of ether oxygens (including phenoxy) is 1. The van der Waals surface area contributed by atoms with E-state index < -0.39 is 11.7 Å². The van der Waals surface area contributed by atoms with Gasteiger partial charge in [-0.1, -0.05) is 11.8 Å². The van der Waals surface area contributed by atoms with Crippen LogP contribution in [0.4, 0.5) is 18.9 Å². The molecular formula is C15H12F3NOS. The third-order valence-electron chi connectivity index (χ3n) is 3.09. The predicted octanol–water partition coefficient (Wildman–Crippen LogP) is 5.28. The first kappa shape index (κ1) is 14.1. The predicted molar refractivity (Wildman–Crippen MR) is 77.0 cm³/mol. The van der Waals surface area contributed by atoms with E-state index in [0.29, 0.717) is 11.5 Å². The highest BCUT2D eigenvalue weighted by molar-refractivity contribution is 8.00. The highest BCUT2D eigenvalue weighted by Crippen LogP contribution is 2.43. The molecule has 110 valence electrons. The van der Waals surface area contributed by atoms with Crippen molar-refractivity contribution in [3.8, 4) is 11.5 Å². The summed E-state index contributed by atoms with van der Waals surface area (Å²) in [5.41, 5.74) is 1.35. The molecule has 0 radical (unpaired) electrons. The van der Waals surface area contributed by atoms with Crippen molar-refractivity contribution in [2.75, 3.05) is 11.2 Å². The van der Waals surface area contributed by atoms with Gasteiger partial charge in [-0.2, -0.15) is 13.2 Å². The van der Waals surface area contributed by atoms with Gasteiger partial charge in [-0.3, -0.25) is 0 Å². The maximum atomic E-state index is 12.5. The van der Waals surface area contributed by atoms with E-state index >= 15 is 0 Å². The second-order valence-electron chi connectivity index (χ2n) is 4.73. The molecule has 6 heteroatoms. The van der Waals surface area contributed by atoms with Gasteiger partial charge in [-0.15, -0.1) is 0 Å². The van der Waals surface area contributed by atoms with E-state index in [4.69, 9.17) is 4.74 Å². The SMILES string of the molecule is Cc1cc2c(c(Oc3ccc(C(F)(F)F)cc3)c1)SCN2. The molecule has 0 amide bonds. The number of fused-ring (bicyclic) bond motifs is 1. The Kier molecular flexibility index (Phi) is 3.49. The molecule has 0 saturated heterocycles. The van der Waals surface area contributed by atoms with Crippen LogP contribution in [0, 0.1) is 6.92 Å². The van der Waals surface area contributed by atoms with E-state index in [1.165, 1.54) is 12.1 Å². The second kappa shape index (κ2) is 5.18. The van der Waals surface area contributed by atoms with Gasteiger partial charge < -0.3 is 10.1 Å². The normalized spacial score (nSPS) is 13.7. The number of hydrogen-bond donors (Lipinski definition) is 1. The lowest BCUT2D eigenvalue weighted by Crippen LogP contribution is -2.04. The van der Waals surface area contributed by atoms with E-state index in [1.54, 1.807) is 11.8 Å². The molecule has 0 unspecified atom stereocenters. The number of thioether (sulfide) groups is 1. The van der Waals surface area contributed by atoms with Gasteiger partial charge in [0.05, 0.1) is 22.0 Å². The molecule has 0 bridgehead atoms. The van der Waals surface area contributed by atoms with Crippen LogP contribution in [0.15, 0.2) is 41.3 Å². The lowest BCUT2D eigenvalue weighted by molar-refractivity contribution is -0.137. The van der Waals surface area contributed by atoms with Crippen LogP contribution < -0.4 is 10.1 Å². The molecule has 1 aliphatic rings. The van der Waals surface area contributed by atoms with Crippen LogP contribution in [0.3, 0.4) is 0 Å². The van der Waals surface area contributed by atoms with E-state index in [-0.39, 0.29) is 0 Å². The smallest absolute Gasteiger partial charge is 0.416 e. The molecule has 0 aromatic heterocycles. The molecule has 1 aliphatic heterocycles. The third kappa shape index (κ3) is 2.95. The van der Waals surface area contributed by atoms with Crippen molar-refractivity contribution in [1.29, 1.82) is 0 Å². The van der Waals surface area contributed by atoms with Crippen molar-refractivity contribution in [2.45, 2.75) is 18.0 Å². The largest absolute Gasteiger partial charge is 0.456 e. The van der Waals surface area contributed by atoms with Gasteiger partial charge in [0, 0.05) is 0 Å². The first-order chi connectivity index (χ1) is 9.93. The molecule has 3 rings (SSSR count). The zero-order valence-corrected chi connectivity index (χ0v) is 11.9. The lowest BCUT2D eigenvalue weighted by Gasteiger charge is -2.12. The molecule has 0 fully saturated rings. The van der Waals surface area contributed by atoms with Crippen molar-refractivity contribution < 1.29 is 17.9 Å². The zero-order valence-electron chi connectivity index (χ0n) is 11.1. The summed E-state index contributed by atoms with van der Waals surface area (Å²) in [7, 11) is 0. The zero-order chi connectivity index (χ0) is 15.0. The number of alkyl halides is 3. The fraction of sp³-hybridized carbons (Fsp3) is 0.200. The fourth-order valence-electron chi connectivity index (χ4n) is 2.12. The Labute approximate surface area is 124 Å². The minimum Gasteiger partial charge on any atom is -0.456 e. The van der Waals surface area contributed by atoms with Crippen LogP contribution in [0.2, 0.25) is 0 Å². The highest BCUT2D eigenvalue weighted by Gasteiger charge is 2.30. The molecule has 2 aromatic carbocycles. The maximum absolute atomic E-state index is 12.5. The minimum atomic E-state index is -4.33. The molecule has 1 heterocycles. The van der Waals surface area contributed by atoms with Gasteiger partial charge in [-0.25, -0.2) is 0 Å². The van der Waals surface area contributed by atoms with Gasteiger partial charge in [0.25, 0.3) is 0 Å².